The summed E-state index contributed by atoms with van der Waals surface area (Å²) in [5, 5.41) is 6.27. The first-order chi connectivity index (χ1) is 16.4. The molecule has 0 saturated heterocycles. The molecule has 2 N–H and O–H groups in total. The molecule has 0 aliphatic carbocycles. The minimum atomic E-state index is -0.407. The molecule has 0 bridgehead atoms. The van der Waals surface area contributed by atoms with E-state index in [-0.39, 0.29) is 17.8 Å². The Kier molecular flexibility index (Phi) is 7.14. The maximum absolute atomic E-state index is 13.3. The van der Waals surface area contributed by atoms with Crippen molar-refractivity contribution in [3.63, 3.8) is 0 Å². The van der Waals surface area contributed by atoms with Crippen LogP contribution in [0.3, 0.4) is 0 Å². The Morgan fingerprint density at radius 1 is 0.971 bits per heavy atom. The van der Waals surface area contributed by atoms with E-state index in [9.17, 15) is 9.59 Å². The summed E-state index contributed by atoms with van der Waals surface area (Å²) in [4.78, 5) is 26.2. The zero-order chi connectivity index (χ0) is 24.1. The van der Waals surface area contributed by atoms with Crippen LogP contribution in [0.1, 0.15) is 41.4 Å². The van der Waals surface area contributed by atoms with Crippen LogP contribution in [0.5, 0.6) is 5.75 Å². The highest BCUT2D eigenvalue weighted by Gasteiger charge is 2.22. The van der Waals surface area contributed by atoms with Gasteiger partial charge in [-0.1, -0.05) is 60.1 Å². The average molecular weight is 473 g/mol. The van der Waals surface area contributed by atoms with Gasteiger partial charge in [-0.15, -0.1) is 0 Å². The van der Waals surface area contributed by atoms with Gasteiger partial charge in [0.15, 0.2) is 0 Å². The summed E-state index contributed by atoms with van der Waals surface area (Å²) < 4.78 is 6.01. The highest BCUT2D eigenvalue weighted by Crippen LogP contribution is 2.30. The first kappa shape index (κ1) is 23.3. The van der Waals surface area contributed by atoms with E-state index in [4.69, 9.17) is 16.3 Å². The molecule has 5 nitrogen and oxygen atoms in total. The lowest BCUT2D eigenvalue weighted by Gasteiger charge is -2.24. The van der Waals surface area contributed by atoms with E-state index in [1.54, 1.807) is 30.3 Å². The zero-order valence-electron chi connectivity index (χ0n) is 18.9. The highest BCUT2D eigenvalue weighted by atomic mass is 35.5. The molecule has 3 aromatic carbocycles. The van der Waals surface area contributed by atoms with Gasteiger partial charge in [-0.3, -0.25) is 9.59 Å². The van der Waals surface area contributed by atoms with Crippen molar-refractivity contribution in [2.24, 2.45) is 0 Å². The van der Waals surface area contributed by atoms with Crippen LogP contribution >= 0.6 is 11.6 Å². The second-order valence-electron chi connectivity index (χ2n) is 8.07. The van der Waals surface area contributed by atoms with Gasteiger partial charge >= 0.3 is 0 Å². The van der Waals surface area contributed by atoms with E-state index >= 15 is 0 Å². The summed E-state index contributed by atoms with van der Waals surface area (Å²) in [5.74, 6) is -0.0255. The van der Waals surface area contributed by atoms with Gasteiger partial charge in [-0.05, 0) is 67.5 Å². The Hall–Kier alpha value is -3.83. The molecule has 1 aliphatic heterocycles. The monoisotopic (exact) mass is 472 g/mol. The number of para-hydroxylation sites is 1. The Bertz CT molecular complexity index is 1250. The second kappa shape index (κ2) is 10.4. The molecule has 2 amide bonds. The Labute approximate surface area is 204 Å². The molecular weight excluding hydrogens is 448 g/mol. The summed E-state index contributed by atoms with van der Waals surface area (Å²) in [6, 6.07) is 23.6. The summed E-state index contributed by atoms with van der Waals surface area (Å²) in [6.45, 7) is 3.80. The number of carbonyl (C=O) groups excluding carboxylic acids is 2. The first-order valence-electron chi connectivity index (χ1n) is 11.0. The van der Waals surface area contributed by atoms with Crippen molar-refractivity contribution in [2.45, 2.75) is 26.0 Å². The molecule has 1 heterocycles. The van der Waals surface area contributed by atoms with Crippen LogP contribution in [0.15, 0.2) is 96.2 Å². The van der Waals surface area contributed by atoms with Crippen LogP contribution in [-0.2, 0) is 4.79 Å². The number of fused-ring (bicyclic) bond motifs is 1. The van der Waals surface area contributed by atoms with Crippen molar-refractivity contribution in [3.05, 3.63) is 118 Å². The summed E-state index contributed by atoms with van der Waals surface area (Å²) in [7, 11) is 0. The van der Waals surface area contributed by atoms with Crippen molar-refractivity contribution >= 4 is 29.5 Å². The number of hydrogen-bond donors (Lipinski definition) is 2. The summed E-state index contributed by atoms with van der Waals surface area (Å²) >= 11 is 5.95. The average Bonchev–Trinajstić information content (AvgIpc) is 2.84. The molecule has 3 aromatic rings. The molecule has 6 heteroatoms. The third kappa shape index (κ3) is 5.56. The van der Waals surface area contributed by atoms with Crippen molar-refractivity contribution in [3.8, 4) is 5.75 Å². The minimum absolute atomic E-state index is 0.129. The number of benzene rings is 3. The number of carbonyl (C=O) groups is 2. The SMILES string of the molecule is CC1Oc2ccccc2C=C1/C=C(\NC(=O)c1ccc(Cl)cc1)C(=O)NC(C)c1ccccc1. The number of amides is 2. The molecule has 4 rings (SSSR count). The number of ether oxygens (including phenoxy) is 1. The molecule has 2 atom stereocenters. The lowest BCUT2D eigenvalue weighted by Crippen LogP contribution is -2.36. The van der Waals surface area contributed by atoms with Crippen LogP contribution < -0.4 is 15.4 Å². The van der Waals surface area contributed by atoms with Gasteiger partial charge in [0, 0.05) is 16.1 Å². The minimum Gasteiger partial charge on any atom is -0.485 e. The first-order valence-corrected chi connectivity index (χ1v) is 11.4. The van der Waals surface area contributed by atoms with Gasteiger partial charge in [0.05, 0.1) is 6.04 Å². The number of hydrogen-bond acceptors (Lipinski definition) is 3. The van der Waals surface area contributed by atoms with Gasteiger partial charge in [0.25, 0.3) is 11.8 Å². The fourth-order valence-electron chi connectivity index (χ4n) is 3.64. The molecule has 0 radical (unpaired) electrons. The van der Waals surface area contributed by atoms with E-state index < -0.39 is 11.8 Å². The van der Waals surface area contributed by atoms with E-state index in [0.717, 1.165) is 22.4 Å². The smallest absolute Gasteiger partial charge is 0.268 e. The predicted molar refractivity (Wildman–Crippen MR) is 135 cm³/mol. The van der Waals surface area contributed by atoms with E-state index in [1.807, 2.05) is 74.5 Å². The number of halogens is 1. The summed E-state index contributed by atoms with van der Waals surface area (Å²) in [6.07, 6.45) is 3.34. The van der Waals surface area contributed by atoms with Crippen LogP contribution in [0.2, 0.25) is 5.02 Å². The summed E-state index contributed by atoms with van der Waals surface area (Å²) in [5.41, 5.74) is 3.16. The van der Waals surface area contributed by atoms with Gasteiger partial charge in [0.2, 0.25) is 0 Å². The van der Waals surface area contributed by atoms with Gasteiger partial charge in [-0.25, -0.2) is 0 Å². The van der Waals surface area contributed by atoms with Crippen molar-refractivity contribution in [1.29, 1.82) is 0 Å². The molecule has 172 valence electrons. The number of rotatable bonds is 6. The highest BCUT2D eigenvalue weighted by molar-refractivity contribution is 6.30. The molecular formula is C28H25ClN2O3. The standard InChI is InChI=1S/C28H25ClN2O3/c1-18(20-8-4-3-5-9-20)30-28(33)25(31-27(32)21-12-14-24(29)15-13-21)17-23-16-22-10-6-7-11-26(22)34-19(23)2/h3-19H,1-2H3,(H,30,33)(H,31,32)/b25-17-. The zero-order valence-corrected chi connectivity index (χ0v) is 19.7. The van der Waals surface area contributed by atoms with Gasteiger partial charge < -0.3 is 15.4 Å². The van der Waals surface area contributed by atoms with Crippen molar-refractivity contribution in [2.75, 3.05) is 0 Å². The molecule has 0 spiro atoms. The van der Waals surface area contributed by atoms with E-state index in [2.05, 4.69) is 10.6 Å². The quantitative estimate of drug-likeness (QED) is 0.452. The van der Waals surface area contributed by atoms with Gasteiger partial charge in [0.1, 0.15) is 17.6 Å². The maximum Gasteiger partial charge on any atom is 0.268 e. The van der Waals surface area contributed by atoms with E-state index in [0.29, 0.717) is 10.6 Å². The van der Waals surface area contributed by atoms with Crippen LogP contribution in [0.25, 0.3) is 6.08 Å². The Morgan fingerprint density at radius 2 is 1.65 bits per heavy atom. The topological polar surface area (TPSA) is 67.4 Å². The largest absolute Gasteiger partial charge is 0.485 e. The van der Waals surface area contributed by atoms with Crippen LogP contribution in [-0.4, -0.2) is 17.9 Å². The molecule has 34 heavy (non-hydrogen) atoms. The normalized spacial score (nSPS) is 15.9. The lowest BCUT2D eigenvalue weighted by molar-refractivity contribution is -0.118. The predicted octanol–water partition coefficient (Wildman–Crippen LogP) is 5.70. The lowest BCUT2D eigenvalue weighted by atomic mass is 10.0. The molecule has 0 saturated carbocycles. The molecule has 0 aromatic heterocycles. The fourth-order valence-corrected chi connectivity index (χ4v) is 3.77. The third-order valence-corrected chi connectivity index (χ3v) is 5.82. The van der Waals surface area contributed by atoms with Crippen LogP contribution in [0.4, 0.5) is 0 Å². The fraction of sp³-hybridized carbons (Fsp3) is 0.143. The number of nitrogens with one attached hydrogen (secondary N) is 2. The van der Waals surface area contributed by atoms with E-state index in [1.165, 1.54) is 0 Å². The molecule has 1 aliphatic rings. The second-order valence-corrected chi connectivity index (χ2v) is 8.50. The van der Waals surface area contributed by atoms with Crippen LogP contribution in [0, 0.1) is 0 Å². The Balaban J connectivity index is 1.64. The maximum atomic E-state index is 13.3. The van der Waals surface area contributed by atoms with Crippen molar-refractivity contribution < 1.29 is 14.3 Å². The van der Waals surface area contributed by atoms with Crippen molar-refractivity contribution in [1.82, 2.24) is 10.6 Å². The molecule has 2 unspecified atom stereocenters. The Morgan fingerprint density at radius 3 is 2.38 bits per heavy atom. The molecule has 0 fully saturated rings. The third-order valence-electron chi connectivity index (χ3n) is 5.57. The van der Waals surface area contributed by atoms with Gasteiger partial charge in [-0.2, -0.15) is 0 Å².